The number of aldehydes is 1. The average molecular weight is 248 g/mol. The Kier molecular flexibility index (Phi) is 3.76. The van der Waals surface area contributed by atoms with Crippen LogP contribution in [0.2, 0.25) is 0 Å². The van der Waals surface area contributed by atoms with Gasteiger partial charge in [0.15, 0.2) is 6.29 Å². The molecule has 2 atom stereocenters. The summed E-state index contributed by atoms with van der Waals surface area (Å²) in [6, 6.07) is 5.20. The van der Waals surface area contributed by atoms with E-state index in [2.05, 4.69) is 4.98 Å². The van der Waals surface area contributed by atoms with E-state index in [1.165, 1.54) is 0 Å². The maximum absolute atomic E-state index is 10.9. The van der Waals surface area contributed by atoms with Gasteiger partial charge in [-0.2, -0.15) is 0 Å². The Labute approximate surface area is 104 Å². The molecule has 1 heterocycles. The highest BCUT2D eigenvalue weighted by Gasteiger charge is 2.18. The first-order valence-electron chi connectivity index (χ1n) is 5.79. The van der Waals surface area contributed by atoms with Crippen LogP contribution in [0.25, 0.3) is 10.9 Å². The molecule has 5 heteroatoms. The number of aliphatic hydroxyl groups excluding tert-OH is 2. The lowest BCUT2D eigenvalue weighted by molar-refractivity contribution is 0.0151. The number of aromatic amines is 1. The number of aromatic nitrogens is 1. The van der Waals surface area contributed by atoms with Gasteiger partial charge in [-0.1, -0.05) is 6.07 Å². The molecule has 1 aromatic heterocycles. The number of benzene rings is 1. The van der Waals surface area contributed by atoms with Crippen molar-refractivity contribution in [2.45, 2.75) is 18.6 Å². The van der Waals surface area contributed by atoms with Gasteiger partial charge >= 0.3 is 0 Å². The van der Waals surface area contributed by atoms with E-state index in [0.29, 0.717) is 24.1 Å². The van der Waals surface area contributed by atoms with Crippen molar-refractivity contribution in [1.29, 1.82) is 0 Å². The quantitative estimate of drug-likeness (QED) is 0.586. The number of hydrogen-bond donors (Lipinski definition) is 4. The summed E-state index contributed by atoms with van der Waals surface area (Å²) in [5.41, 5.74) is 7.27. The van der Waals surface area contributed by atoms with E-state index in [1.807, 2.05) is 0 Å². The predicted molar refractivity (Wildman–Crippen MR) is 68.3 cm³/mol. The summed E-state index contributed by atoms with van der Waals surface area (Å²) < 4.78 is 0. The molecule has 96 valence electrons. The van der Waals surface area contributed by atoms with E-state index >= 15 is 0 Å². The number of nitrogens with one attached hydrogen (secondary N) is 1. The Morgan fingerprint density at radius 3 is 2.83 bits per heavy atom. The lowest BCUT2D eigenvalue weighted by Crippen LogP contribution is -2.21. The van der Waals surface area contributed by atoms with Gasteiger partial charge < -0.3 is 20.9 Å². The minimum Gasteiger partial charge on any atom is -0.390 e. The topological polar surface area (TPSA) is 99.3 Å². The summed E-state index contributed by atoms with van der Waals surface area (Å²) in [5.74, 6) is 0. The normalized spacial score (nSPS) is 14.6. The van der Waals surface area contributed by atoms with Crippen molar-refractivity contribution in [3.8, 4) is 0 Å². The molecule has 2 aromatic rings. The van der Waals surface area contributed by atoms with Crippen LogP contribution < -0.4 is 5.73 Å². The van der Waals surface area contributed by atoms with Crippen LogP contribution >= 0.6 is 0 Å². The van der Waals surface area contributed by atoms with Gasteiger partial charge in [0.2, 0.25) is 0 Å². The standard InChI is InChI=1S/C13H16N2O3/c14-4-3-12(17)13(18)8-1-2-11-10(5-8)9(7-16)6-15-11/h1-2,5-7,12-13,15,17-18H,3-4,14H2. The van der Waals surface area contributed by atoms with Gasteiger partial charge in [0.1, 0.15) is 6.10 Å². The largest absolute Gasteiger partial charge is 0.390 e. The lowest BCUT2D eigenvalue weighted by atomic mass is 10.00. The summed E-state index contributed by atoms with van der Waals surface area (Å²) in [6.07, 6.45) is 0.806. The minimum atomic E-state index is -0.993. The summed E-state index contributed by atoms with van der Waals surface area (Å²) in [5, 5.41) is 20.4. The molecule has 1 aromatic carbocycles. The molecule has 0 fully saturated rings. The van der Waals surface area contributed by atoms with Gasteiger partial charge in [-0.3, -0.25) is 4.79 Å². The highest BCUT2D eigenvalue weighted by molar-refractivity contribution is 5.97. The summed E-state index contributed by atoms with van der Waals surface area (Å²) in [6.45, 7) is 0.310. The highest BCUT2D eigenvalue weighted by Crippen LogP contribution is 2.24. The monoisotopic (exact) mass is 248 g/mol. The van der Waals surface area contributed by atoms with Crippen LogP contribution in [-0.2, 0) is 0 Å². The molecule has 0 aliphatic rings. The molecule has 2 unspecified atom stereocenters. The molecular weight excluding hydrogens is 232 g/mol. The molecule has 0 bridgehead atoms. The molecule has 18 heavy (non-hydrogen) atoms. The number of carbonyl (C=O) groups excluding carboxylic acids is 1. The fourth-order valence-corrected chi connectivity index (χ4v) is 1.99. The van der Waals surface area contributed by atoms with Crippen molar-refractivity contribution in [3.05, 3.63) is 35.5 Å². The number of rotatable bonds is 5. The summed E-state index contributed by atoms with van der Waals surface area (Å²) in [7, 11) is 0. The fraction of sp³-hybridized carbons (Fsp3) is 0.308. The number of hydrogen-bond acceptors (Lipinski definition) is 4. The SMILES string of the molecule is NCCC(O)C(O)c1ccc2[nH]cc(C=O)c2c1. The molecule has 0 radical (unpaired) electrons. The van der Waals surface area contributed by atoms with E-state index in [0.717, 1.165) is 17.2 Å². The van der Waals surface area contributed by atoms with Gasteiger partial charge in [0, 0.05) is 22.7 Å². The van der Waals surface area contributed by atoms with Gasteiger partial charge in [0.25, 0.3) is 0 Å². The summed E-state index contributed by atoms with van der Waals surface area (Å²) in [4.78, 5) is 13.8. The van der Waals surface area contributed by atoms with E-state index in [1.54, 1.807) is 24.4 Å². The third kappa shape index (κ3) is 2.28. The third-order valence-corrected chi connectivity index (χ3v) is 3.03. The highest BCUT2D eigenvalue weighted by atomic mass is 16.3. The van der Waals surface area contributed by atoms with Crippen LogP contribution in [0.1, 0.15) is 28.4 Å². The Hall–Kier alpha value is -1.69. The Balaban J connectivity index is 2.36. The molecule has 0 spiro atoms. The maximum atomic E-state index is 10.9. The number of carbonyl (C=O) groups is 1. The van der Waals surface area contributed by atoms with Crippen molar-refractivity contribution in [1.82, 2.24) is 4.98 Å². The van der Waals surface area contributed by atoms with Crippen LogP contribution in [0.5, 0.6) is 0 Å². The van der Waals surface area contributed by atoms with Crippen LogP contribution in [0.4, 0.5) is 0 Å². The Morgan fingerprint density at radius 2 is 2.17 bits per heavy atom. The predicted octanol–water partition coefficient (Wildman–Crippen LogP) is 0.723. The smallest absolute Gasteiger partial charge is 0.152 e. The first-order chi connectivity index (χ1) is 8.67. The van der Waals surface area contributed by atoms with Gasteiger partial charge in [-0.05, 0) is 30.7 Å². The van der Waals surface area contributed by atoms with E-state index in [4.69, 9.17) is 5.73 Å². The van der Waals surface area contributed by atoms with Crippen molar-refractivity contribution in [2.75, 3.05) is 6.54 Å². The molecule has 5 nitrogen and oxygen atoms in total. The van der Waals surface area contributed by atoms with Crippen molar-refractivity contribution < 1.29 is 15.0 Å². The van der Waals surface area contributed by atoms with E-state index < -0.39 is 12.2 Å². The van der Waals surface area contributed by atoms with Crippen molar-refractivity contribution in [2.24, 2.45) is 5.73 Å². The molecule has 2 rings (SSSR count). The molecule has 0 aliphatic heterocycles. The fourth-order valence-electron chi connectivity index (χ4n) is 1.99. The third-order valence-electron chi connectivity index (χ3n) is 3.03. The van der Waals surface area contributed by atoms with Gasteiger partial charge in [0.05, 0.1) is 6.10 Å². The van der Waals surface area contributed by atoms with E-state index in [-0.39, 0.29) is 0 Å². The zero-order chi connectivity index (χ0) is 13.1. The average Bonchev–Trinajstić information content (AvgIpc) is 2.80. The second-order valence-corrected chi connectivity index (χ2v) is 4.26. The zero-order valence-electron chi connectivity index (χ0n) is 9.84. The number of fused-ring (bicyclic) bond motifs is 1. The summed E-state index contributed by atoms with van der Waals surface area (Å²) >= 11 is 0. The molecule has 0 aliphatic carbocycles. The lowest BCUT2D eigenvalue weighted by Gasteiger charge is -2.17. The first-order valence-corrected chi connectivity index (χ1v) is 5.79. The molecule has 0 amide bonds. The first kappa shape index (κ1) is 12.8. The van der Waals surface area contributed by atoms with Gasteiger partial charge in [-0.25, -0.2) is 0 Å². The maximum Gasteiger partial charge on any atom is 0.152 e. The number of aliphatic hydroxyl groups is 2. The number of H-pyrrole nitrogens is 1. The molecule has 0 saturated heterocycles. The molecule has 5 N–H and O–H groups in total. The Morgan fingerprint density at radius 1 is 1.39 bits per heavy atom. The van der Waals surface area contributed by atoms with Crippen LogP contribution in [0, 0.1) is 0 Å². The van der Waals surface area contributed by atoms with Crippen LogP contribution in [-0.4, -0.2) is 34.1 Å². The van der Waals surface area contributed by atoms with Crippen LogP contribution in [0.3, 0.4) is 0 Å². The molecule has 0 saturated carbocycles. The van der Waals surface area contributed by atoms with Gasteiger partial charge in [-0.15, -0.1) is 0 Å². The molecular formula is C13H16N2O3. The Bertz CT molecular complexity index is 550. The zero-order valence-corrected chi connectivity index (χ0v) is 9.84. The van der Waals surface area contributed by atoms with Crippen molar-refractivity contribution in [3.63, 3.8) is 0 Å². The number of nitrogens with two attached hydrogens (primary N) is 1. The second kappa shape index (κ2) is 5.30. The van der Waals surface area contributed by atoms with E-state index in [9.17, 15) is 15.0 Å². The second-order valence-electron chi connectivity index (χ2n) is 4.26. The minimum absolute atomic E-state index is 0.310. The van der Waals surface area contributed by atoms with Crippen LogP contribution in [0.15, 0.2) is 24.4 Å². The van der Waals surface area contributed by atoms with Crippen molar-refractivity contribution >= 4 is 17.2 Å².